The molecular weight excluding hydrogens is 524 g/mol. The molecule has 1 aliphatic carbocycles. The Bertz CT molecular complexity index is 1340. The van der Waals surface area contributed by atoms with E-state index in [1.54, 1.807) is 18.2 Å². The summed E-state index contributed by atoms with van der Waals surface area (Å²) >= 11 is 0. The lowest BCUT2D eigenvalue weighted by Gasteiger charge is -2.37. The minimum absolute atomic E-state index is 0.0903. The number of nitrogens with zero attached hydrogens (tertiary/aromatic N) is 4. The molecule has 0 spiro atoms. The average Bonchev–Trinajstić information content (AvgIpc) is 3.33. The normalized spacial score (nSPS) is 16.3. The van der Waals surface area contributed by atoms with Crippen LogP contribution in [0.15, 0.2) is 60.8 Å². The van der Waals surface area contributed by atoms with Crippen LogP contribution in [0.1, 0.15) is 49.4 Å². The van der Waals surface area contributed by atoms with Crippen molar-refractivity contribution in [3.8, 4) is 11.8 Å². The van der Waals surface area contributed by atoms with Gasteiger partial charge in [0.25, 0.3) is 0 Å². The molecule has 1 amide bonds. The van der Waals surface area contributed by atoms with E-state index in [2.05, 4.69) is 10.4 Å². The van der Waals surface area contributed by atoms with Gasteiger partial charge in [0.1, 0.15) is 5.41 Å². The number of anilines is 2. The van der Waals surface area contributed by atoms with Crippen molar-refractivity contribution >= 4 is 17.3 Å². The molecule has 1 aromatic heterocycles. The van der Waals surface area contributed by atoms with E-state index in [0.717, 1.165) is 36.5 Å². The van der Waals surface area contributed by atoms with Crippen molar-refractivity contribution in [2.24, 2.45) is 5.41 Å². The molecule has 1 N–H and O–H groups in total. The molecule has 6 nitrogen and oxygen atoms in total. The molecular formula is C27H25F6N5O. The first-order valence-electron chi connectivity index (χ1n) is 12.2. The zero-order valence-corrected chi connectivity index (χ0v) is 20.9. The molecule has 39 heavy (non-hydrogen) atoms. The predicted molar refractivity (Wildman–Crippen MR) is 131 cm³/mol. The van der Waals surface area contributed by atoms with E-state index in [-0.39, 0.29) is 35.5 Å². The molecule has 2 aromatic carbocycles. The summed E-state index contributed by atoms with van der Waals surface area (Å²) in [7, 11) is 1.02. The molecule has 0 bridgehead atoms. The molecule has 1 fully saturated rings. The highest BCUT2D eigenvalue weighted by Crippen LogP contribution is 2.43. The Morgan fingerprint density at radius 1 is 1.03 bits per heavy atom. The lowest BCUT2D eigenvalue weighted by Crippen LogP contribution is -2.47. The Hall–Kier alpha value is -4.01. The summed E-state index contributed by atoms with van der Waals surface area (Å²) in [5.41, 5.74) is -2.98. The number of carbonyl (C=O) groups excluding carboxylic acids is 1. The van der Waals surface area contributed by atoms with Crippen LogP contribution in [0.2, 0.25) is 0 Å². The second-order valence-electron chi connectivity index (χ2n) is 9.51. The van der Waals surface area contributed by atoms with E-state index >= 15 is 0 Å². The smallest absolute Gasteiger partial charge is 0.352 e. The Labute approximate surface area is 220 Å². The second-order valence-corrected chi connectivity index (χ2v) is 9.51. The molecule has 3 aromatic rings. The third-order valence-electron chi connectivity index (χ3n) is 6.89. The maximum absolute atomic E-state index is 14.2. The number of para-hydroxylation sites is 1. The Morgan fingerprint density at radius 3 is 2.18 bits per heavy atom. The van der Waals surface area contributed by atoms with Gasteiger partial charge >= 0.3 is 12.4 Å². The number of rotatable bonds is 6. The first-order chi connectivity index (χ1) is 18.4. The van der Waals surface area contributed by atoms with E-state index in [1.807, 2.05) is 6.07 Å². The number of halogens is 6. The van der Waals surface area contributed by atoms with Gasteiger partial charge < -0.3 is 10.2 Å². The zero-order valence-electron chi connectivity index (χ0n) is 20.9. The number of carbonyl (C=O) groups is 1. The minimum Gasteiger partial charge on any atom is -0.352 e. The number of amides is 1. The summed E-state index contributed by atoms with van der Waals surface area (Å²) < 4.78 is 85.0. The topological polar surface area (TPSA) is 74.0 Å². The zero-order chi connectivity index (χ0) is 28.4. The molecule has 1 atom stereocenters. The van der Waals surface area contributed by atoms with Crippen LogP contribution in [-0.4, -0.2) is 33.8 Å². The van der Waals surface area contributed by atoms with Gasteiger partial charge in [-0.1, -0.05) is 49.6 Å². The number of hydrogen-bond acceptors (Lipinski definition) is 4. The van der Waals surface area contributed by atoms with Gasteiger partial charge in [-0.3, -0.25) is 4.79 Å². The number of nitrogens with one attached hydrogen (secondary N) is 1. The standard InChI is InChI=1S/C27H25F6N5O/c1-37(24(39)25(17-34)14-6-3-7-15-25)22(26(28,29)30)18-10-12-19(13-11-18)36-21-16-35-38(23(21)27(31,32)33)20-8-4-2-5-9-20/h2,4-5,8-13,16,22,36H,3,6-7,14-15H2,1H3/t22-/m0/s1. The summed E-state index contributed by atoms with van der Waals surface area (Å²) in [4.78, 5) is 13.7. The SMILES string of the molecule is CN(C(=O)C1(C#N)CCCCC1)[C@@H](c1ccc(Nc2cnn(-c3ccccc3)c2C(F)(F)F)cc1)C(F)(F)F. The van der Waals surface area contributed by atoms with Crippen LogP contribution in [0.4, 0.5) is 37.7 Å². The van der Waals surface area contributed by atoms with Crippen LogP contribution in [0.5, 0.6) is 0 Å². The van der Waals surface area contributed by atoms with Crippen molar-refractivity contribution in [3.63, 3.8) is 0 Å². The summed E-state index contributed by atoms with van der Waals surface area (Å²) in [6.07, 6.45) is -6.32. The van der Waals surface area contributed by atoms with Gasteiger partial charge in [0, 0.05) is 12.7 Å². The number of aromatic nitrogens is 2. The van der Waals surface area contributed by atoms with Crippen LogP contribution in [0.3, 0.4) is 0 Å². The fraction of sp³-hybridized carbons (Fsp3) is 0.370. The van der Waals surface area contributed by atoms with Gasteiger partial charge in [-0.15, -0.1) is 0 Å². The van der Waals surface area contributed by atoms with Crippen molar-refractivity contribution < 1.29 is 31.1 Å². The van der Waals surface area contributed by atoms with Gasteiger partial charge in [-0.25, -0.2) is 4.68 Å². The fourth-order valence-corrected chi connectivity index (χ4v) is 5.00. The third-order valence-corrected chi connectivity index (χ3v) is 6.89. The highest BCUT2D eigenvalue weighted by molar-refractivity contribution is 5.86. The minimum atomic E-state index is -4.86. The molecule has 4 rings (SSSR count). The monoisotopic (exact) mass is 549 g/mol. The van der Waals surface area contributed by atoms with Crippen LogP contribution < -0.4 is 5.32 Å². The molecule has 1 heterocycles. The average molecular weight is 550 g/mol. The van der Waals surface area contributed by atoms with E-state index in [0.29, 0.717) is 17.7 Å². The number of benzene rings is 2. The van der Waals surface area contributed by atoms with Crippen LogP contribution in [-0.2, 0) is 11.0 Å². The maximum Gasteiger partial charge on any atom is 0.435 e. The first kappa shape index (κ1) is 28.0. The van der Waals surface area contributed by atoms with Crippen LogP contribution in [0.25, 0.3) is 5.69 Å². The fourth-order valence-electron chi connectivity index (χ4n) is 5.00. The first-order valence-corrected chi connectivity index (χ1v) is 12.2. The van der Waals surface area contributed by atoms with Crippen molar-refractivity contribution in [1.29, 1.82) is 5.26 Å². The Kier molecular flexibility index (Phi) is 7.63. The van der Waals surface area contributed by atoms with E-state index in [9.17, 15) is 36.4 Å². The molecule has 0 aliphatic heterocycles. The summed E-state index contributed by atoms with van der Waals surface area (Å²) in [5, 5.41) is 16.1. The molecule has 1 saturated carbocycles. The largest absolute Gasteiger partial charge is 0.435 e. The van der Waals surface area contributed by atoms with Gasteiger partial charge in [0.15, 0.2) is 11.7 Å². The predicted octanol–water partition coefficient (Wildman–Crippen LogP) is 7.17. The lowest BCUT2D eigenvalue weighted by atomic mass is 9.74. The van der Waals surface area contributed by atoms with E-state index in [4.69, 9.17) is 0 Å². The van der Waals surface area contributed by atoms with Crippen LogP contribution in [0, 0.1) is 16.7 Å². The second kappa shape index (κ2) is 10.6. The number of nitriles is 1. The highest BCUT2D eigenvalue weighted by atomic mass is 19.4. The molecule has 0 radical (unpaired) electrons. The van der Waals surface area contributed by atoms with Crippen molar-refractivity contribution in [3.05, 3.63) is 72.1 Å². The Morgan fingerprint density at radius 2 is 1.64 bits per heavy atom. The molecule has 206 valence electrons. The van der Waals surface area contributed by atoms with Crippen LogP contribution >= 0.6 is 0 Å². The van der Waals surface area contributed by atoms with Gasteiger partial charge in [-0.05, 0) is 42.7 Å². The van der Waals surface area contributed by atoms with Crippen molar-refractivity contribution in [2.45, 2.75) is 50.5 Å². The molecule has 0 unspecified atom stereocenters. The quantitative estimate of drug-likeness (QED) is 0.331. The summed E-state index contributed by atoms with van der Waals surface area (Å²) in [5.74, 6) is -0.891. The van der Waals surface area contributed by atoms with E-state index < -0.39 is 35.4 Å². The molecule has 0 saturated heterocycles. The van der Waals surface area contributed by atoms with E-state index in [1.165, 1.54) is 24.3 Å². The third kappa shape index (κ3) is 5.72. The number of alkyl halides is 6. The summed E-state index contributed by atoms with van der Waals surface area (Å²) in [6.45, 7) is 0. The molecule has 12 heteroatoms. The number of hydrogen-bond donors (Lipinski definition) is 1. The maximum atomic E-state index is 14.2. The van der Waals surface area contributed by atoms with Gasteiger partial charge in [0.05, 0.1) is 23.6 Å². The highest BCUT2D eigenvalue weighted by Gasteiger charge is 2.50. The van der Waals surface area contributed by atoms with Gasteiger partial charge in [0.2, 0.25) is 5.91 Å². The van der Waals surface area contributed by atoms with Crippen molar-refractivity contribution in [2.75, 3.05) is 12.4 Å². The van der Waals surface area contributed by atoms with Crippen molar-refractivity contribution in [1.82, 2.24) is 14.7 Å². The molecule has 1 aliphatic rings. The van der Waals surface area contributed by atoms with Gasteiger partial charge in [-0.2, -0.15) is 36.7 Å². The Balaban J connectivity index is 1.62. The summed E-state index contributed by atoms with van der Waals surface area (Å²) in [6, 6.07) is 11.9. The lowest BCUT2D eigenvalue weighted by molar-refractivity contribution is -0.192.